The van der Waals surface area contributed by atoms with Gasteiger partial charge in [0.05, 0.1) is 125 Å². The third-order valence-corrected chi connectivity index (χ3v) is 21.2. The predicted molar refractivity (Wildman–Crippen MR) is 506 cm³/mol. The van der Waals surface area contributed by atoms with Gasteiger partial charge in [0.2, 0.25) is 0 Å². The molecule has 0 unspecified atom stereocenters. The van der Waals surface area contributed by atoms with Crippen LogP contribution in [0.25, 0.3) is 111 Å². The summed E-state index contributed by atoms with van der Waals surface area (Å²) in [7, 11) is 4.83. The van der Waals surface area contributed by atoms with Gasteiger partial charge in [-0.1, -0.05) is 253 Å². The normalized spacial score (nSPS) is 10.5. The summed E-state index contributed by atoms with van der Waals surface area (Å²) in [5, 5.41) is 37.4. The van der Waals surface area contributed by atoms with Crippen LogP contribution in [0, 0.1) is 22.7 Å². The van der Waals surface area contributed by atoms with Crippen molar-refractivity contribution in [3.05, 3.63) is 422 Å². The van der Waals surface area contributed by atoms with E-state index in [0.717, 1.165) is 144 Å². The van der Waals surface area contributed by atoms with Crippen LogP contribution in [0.15, 0.2) is 383 Å². The highest BCUT2D eigenvalue weighted by Crippen LogP contribution is 2.34. The van der Waals surface area contributed by atoms with Gasteiger partial charge < -0.3 is 47.3 Å². The lowest BCUT2D eigenvalue weighted by atomic mass is 10.0. The zero-order valence-electron chi connectivity index (χ0n) is 67.4. The minimum Gasteiger partial charge on any atom is -0.508 e. The van der Waals surface area contributed by atoms with Gasteiger partial charge in [0.1, 0.15) is 23.3 Å². The molecular weight excluding hydrogens is 1550 g/mol. The second-order valence-electron chi connectivity index (χ2n) is 29.2. The van der Waals surface area contributed by atoms with Crippen molar-refractivity contribution >= 4 is 55.2 Å². The smallest absolute Gasteiger partial charge is 0.161 e. The van der Waals surface area contributed by atoms with Gasteiger partial charge >= 0.3 is 0 Å². The summed E-state index contributed by atoms with van der Waals surface area (Å²) in [6, 6.07) is 122. The second-order valence-corrected chi connectivity index (χ2v) is 29.2. The largest absolute Gasteiger partial charge is 0.508 e. The van der Waals surface area contributed by atoms with E-state index in [1.54, 1.807) is 45.6 Å². The van der Waals surface area contributed by atoms with E-state index in [0.29, 0.717) is 22.6 Å². The molecule has 0 saturated carbocycles. The number of methoxy groups -OCH3 is 3. The number of aromatic hydroxyl groups is 2. The molecule has 0 aliphatic heterocycles. The Hall–Kier alpha value is -16.4. The number of nitrogens with zero attached hydrogens (tertiary/aromatic N) is 12. The van der Waals surface area contributed by atoms with Crippen LogP contribution in [0.4, 0.5) is 0 Å². The molecule has 20 rings (SSSR count). The zero-order valence-corrected chi connectivity index (χ0v) is 67.4. The fourth-order valence-corrected chi connectivity index (χ4v) is 14.8. The molecule has 0 atom stereocenters. The van der Waals surface area contributed by atoms with E-state index >= 15 is 0 Å². The Morgan fingerprint density at radius 3 is 0.872 bits per heavy atom. The van der Waals surface area contributed by atoms with Crippen LogP contribution in [-0.4, -0.2) is 79.3 Å². The summed E-state index contributed by atoms with van der Waals surface area (Å²) in [4.78, 5) is 22.2. The van der Waals surface area contributed by atoms with Crippen molar-refractivity contribution in [1.29, 1.82) is 10.5 Å². The van der Waals surface area contributed by atoms with E-state index in [1.807, 2.05) is 195 Å². The number of hydrogen-bond acceptors (Lipinski definition) is 12. The number of fused-ring (bicyclic) bond motifs is 5. The Morgan fingerprint density at radius 2 is 0.552 bits per heavy atom. The second kappa shape index (κ2) is 41.1. The molecule has 0 aliphatic rings. The van der Waals surface area contributed by atoms with Crippen LogP contribution in [0.5, 0.6) is 28.7 Å². The molecule has 0 fully saturated rings. The molecule has 125 heavy (non-hydrogen) atoms. The van der Waals surface area contributed by atoms with E-state index in [4.69, 9.17) is 24.7 Å². The average Bonchev–Trinajstić information content (AvgIpc) is 1.76. The maximum absolute atomic E-state index is 9.72. The molecule has 0 radical (unpaired) electrons. The topological polar surface area (TPSA) is 205 Å². The highest BCUT2D eigenvalue weighted by molar-refractivity contribution is 5.80. The van der Waals surface area contributed by atoms with Crippen molar-refractivity contribution in [1.82, 2.24) is 47.8 Å². The first-order valence-corrected chi connectivity index (χ1v) is 39.8. The Labute approximate surface area is 728 Å². The summed E-state index contributed by atoms with van der Waals surface area (Å²) in [6.45, 7) is 3.95. The highest BCUT2D eigenvalue weighted by atomic mass is 16.5. The molecule has 2 N–H and O–H groups in total. The van der Waals surface area contributed by atoms with Gasteiger partial charge in [-0.2, -0.15) is 10.5 Å². The van der Waals surface area contributed by atoms with Crippen molar-refractivity contribution in [2.24, 2.45) is 0 Å². The number of nitriles is 2. The summed E-state index contributed by atoms with van der Waals surface area (Å²) in [5.74, 6) is 2.39. The Kier molecular flexibility index (Phi) is 28.4. The summed E-state index contributed by atoms with van der Waals surface area (Å²) < 4.78 is 26.6. The van der Waals surface area contributed by atoms with Crippen LogP contribution >= 0.6 is 0 Å². The van der Waals surface area contributed by atoms with E-state index in [2.05, 4.69) is 224 Å². The number of hydrogen-bond donors (Lipinski definition) is 2. The summed E-state index contributed by atoms with van der Waals surface area (Å²) in [6.07, 6.45) is 9.43. The van der Waals surface area contributed by atoms with E-state index < -0.39 is 0 Å². The van der Waals surface area contributed by atoms with Gasteiger partial charge in [0.15, 0.2) is 11.5 Å². The molecule has 17 nitrogen and oxygen atoms in total. The molecule has 0 spiro atoms. The molecular formula is C108H96N12O5. The number of imidazole rings is 5. The Balaban J connectivity index is 0.000000133. The van der Waals surface area contributed by atoms with E-state index in [1.165, 1.54) is 33.4 Å². The number of phenolic OH excluding ortho intramolecular Hbond substituents is 2. The zero-order chi connectivity index (χ0) is 83.5. The number of rotatable bonds is 18. The summed E-state index contributed by atoms with van der Waals surface area (Å²) >= 11 is 0. The minimum atomic E-state index is 0. The van der Waals surface area contributed by atoms with Crippen LogP contribution in [0.3, 0.4) is 0 Å². The molecule has 0 aliphatic carbocycles. The third kappa shape index (κ3) is 20.9. The number of benzene rings is 15. The van der Waals surface area contributed by atoms with Crippen molar-refractivity contribution < 1.29 is 24.4 Å². The van der Waals surface area contributed by atoms with Gasteiger partial charge in [0.25, 0.3) is 0 Å². The fraction of sp³-hybridized carbons (Fsp3) is 0.102. The molecule has 15 aromatic carbocycles. The molecule has 20 aromatic rings. The number of aromatic nitrogens is 10. The van der Waals surface area contributed by atoms with Crippen LogP contribution in [-0.2, 0) is 32.7 Å². The van der Waals surface area contributed by atoms with Gasteiger partial charge in [-0.3, -0.25) is 0 Å². The first kappa shape index (κ1) is 86.5. The molecule has 0 saturated heterocycles. The molecule has 0 amide bonds. The van der Waals surface area contributed by atoms with E-state index in [-0.39, 0.29) is 33.8 Å². The average molecular weight is 1640 g/mol. The molecule has 618 valence electrons. The number of para-hydroxylation sites is 10. The maximum atomic E-state index is 9.72. The van der Waals surface area contributed by atoms with Gasteiger partial charge in [-0.15, -0.1) is 0 Å². The Bertz CT molecular complexity index is 7050. The van der Waals surface area contributed by atoms with Crippen molar-refractivity contribution in [3.8, 4) is 96.5 Å². The Morgan fingerprint density at radius 1 is 0.264 bits per heavy atom. The lowest BCUT2D eigenvalue weighted by Gasteiger charge is -2.09. The number of ether oxygens (including phenoxy) is 3. The summed E-state index contributed by atoms with van der Waals surface area (Å²) in [5.41, 5.74) is 29.0. The first-order valence-electron chi connectivity index (χ1n) is 39.8. The van der Waals surface area contributed by atoms with Gasteiger partial charge in [-0.05, 0) is 205 Å². The molecule has 0 bridgehead atoms. The monoisotopic (exact) mass is 1640 g/mol. The molecule has 17 heteroatoms. The van der Waals surface area contributed by atoms with Gasteiger partial charge in [0, 0.05) is 32.7 Å². The van der Waals surface area contributed by atoms with Crippen molar-refractivity contribution in [2.45, 2.75) is 55.0 Å². The first-order chi connectivity index (χ1) is 60.0. The van der Waals surface area contributed by atoms with E-state index in [9.17, 15) is 10.2 Å². The SMILES string of the molecule is C.C.C.COc1cc(-c2ccc(Cn3cnc4ccccc43)cc2)ccc1C#N.COc1cc(-c2ccc(Cn3cnc4ccccc43)cc2)ccc1O.COc1cccc(-c2ccc(Cn3cnc4ccccc43)cc2)c1.N#Cc1cccc(-c2ccc(Cn3cnc4ccccc43)cc2)c1.Oc1cccc(-c2ccc(Cn3cnc4ccccc43)cc2)c1. The van der Waals surface area contributed by atoms with Crippen LogP contribution in [0.2, 0.25) is 0 Å². The standard InChI is InChI=1S/C22H17N3O.C21H15N3.C21H18N2O2.C21H18N2O.C20H16N2O.3CH4/c1-26-22-12-18(10-11-19(22)13-23)17-8-6-16(7-9-17)14-25-15-24-20-4-2-3-5-21(20)25;22-13-17-4-3-5-19(12-17)18-10-8-16(9-11-18)14-24-15-23-20-6-1-2-7-21(20)24;1-25-21-12-17(10-11-20(21)24)16-8-6-15(7-9-16)13-23-14-22-18-4-2-3-5-19(18)23;1-24-19-6-4-5-18(13-19)17-11-9-16(10-12-17)14-23-15-22-20-7-2-3-8-21(20)23;23-18-5-3-4-17(12-18)16-10-8-15(9-11-16)13-22-14-21-19-6-1-2-7-20(19)22;;;/h2-12,15H,14H2,1H3;1-12,15H,14H2;2-12,14,24H,13H2,1H3;2-13,15H,14H2,1H3;1-12,14,23H,13H2;3*1H4. The maximum Gasteiger partial charge on any atom is 0.161 e. The van der Waals surface area contributed by atoms with Gasteiger partial charge in [-0.25, -0.2) is 24.9 Å². The molecule has 5 heterocycles. The molecule has 5 aromatic heterocycles. The lowest BCUT2D eigenvalue weighted by Crippen LogP contribution is -1.97. The third-order valence-electron chi connectivity index (χ3n) is 21.2. The van der Waals surface area contributed by atoms with Crippen molar-refractivity contribution in [2.75, 3.05) is 21.3 Å². The predicted octanol–water partition coefficient (Wildman–Crippen LogP) is 24.8. The number of phenols is 2. The van der Waals surface area contributed by atoms with Crippen molar-refractivity contribution in [3.63, 3.8) is 0 Å². The highest BCUT2D eigenvalue weighted by Gasteiger charge is 2.13. The minimum absolute atomic E-state index is 0. The van der Waals surface area contributed by atoms with Crippen LogP contribution < -0.4 is 14.2 Å². The van der Waals surface area contributed by atoms with Crippen LogP contribution in [0.1, 0.15) is 61.2 Å². The quantitative estimate of drug-likeness (QED) is 0.0823. The lowest BCUT2D eigenvalue weighted by molar-refractivity contribution is 0.373. The fourth-order valence-electron chi connectivity index (χ4n) is 14.8.